The van der Waals surface area contributed by atoms with Gasteiger partial charge in [-0.3, -0.25) is 0 Å². The summed E-state index contributed by atoms with van der Waals surface area (Å²) < 4.78 is 0. The second-order valence-corrected chi connectivity index (χ2v) is 20.8. The molecule has 0 radical (unpaired) electrons. The molecule has 14 rings (SSSR count). The molecular formula is C70H51N. The SMILES string of the molecule is CC1(C)c2ccccc2-c2ccc(N(c3ccc(-c4ccc5c6ccccc6c6ccccc6c5c4-c4ccc(-c5cccc6ccccc56)cc4)cc3)c3ccc4c(c3)C(C)(C)c3ccccc3-4)cc21. The zero-order chi connectivity index (χ0) is 47.6. The second-order valence-electron chi connectivity index (χ2n) is 20.8. The summed E-state index contributed by atoms with van der Waals surface area (Å²) in [5.41, 5.74) is 21.3. The van der Waals surface area contributed by atoms with Gasteiger partial charge in [-0.15, -0.1) is 0 Å². The van der Waals surface area contributed by atoms with E-state index < -0.39 is 0 Å². The van der Waals surface area contributed by atoms with E-state index in [9.17, 15) is 0 Å². The molecule has 0 bridgehead atoms. The first kappa shape index (κ1) is 41.5. The summed E-state index contributed by atoms with van der Waals surface area (Å²) in [6.07, 6.45) is 0. The lowest BCUT2D eigenvalue weighted by Crippen LogP contribution is -2.18. The first-order valence-electron chi connectivity index (χ1n) is 25.1. The molecule has 0 heterocycles. The van der Waals surface area contributed by atoms with Crippen molar-refractivity contribution in [1.82, 2.24) is 0 Å². The number of anilines is 3. The fourth-order valence-electron chi connectivity index (χ4n) is 12.7. The summed E-state index contributed by atoms with van der Waals surface area (Å²) in [5, 5.41) is 10.2. The van der Waals surface area contributed by atoms with Crippen molar-refractivity contribution < 1.29 is 0 Å². The predicted octanol–water partition coefficient (Wildman–Crippen LogP) is 19.4. The van der Waals surface area contributed by atoms with Gasteiger partial charge in [0.25, 0.3) is 0 Å². The van der Waals surface area contributed by atoms with Crippen molar-refractivity contribution in [3.05, 3.63) is 259 Å². The van der Waals surface area contributed by atoms with E-state index in [4.69, 9.17) is 0 Å². The Kier molecular flexibility index (Phi) is 9.05. The Balaban J connectivity index is 0.956. The van der Waals surface area contributed by atoms with E-state index >= 15 is 0 Å². The van der Waals surface area contributed by atoms with Crippen molar-refractivity contribution in [2.75, 3.05) is 4.90 Å². The summed E-state index contributed by atoms with van der Waals surface area (Å²) >= 11 is 0. The quantitative estimate of drug-likeness (QED) is 0.150. The standard InChI is InChI=1S/C70H51N/c1-69(2)63-26-13-11-22-57(63)59-38-36-49(42-65(59)69)71(50-37-39-60-58-23-12-14-27-64(58)70(3,4)66(60)43-50)48-34-32-46(33-35-48)53-40-41-62-56-21-8-7-19-54(56)55-20-9-10-24-61(55)68(62)67(53)47-30-28-45(29-31-47)52-25-15-17-44-16-5-6-18-51(44)52/h5-43H,1-4H3. The van der Waals surface area contributed by atoms with E-state index in [1.54, 1.807) is 0 Å². The van der Waals surface area contributed by atoms with Gasteiger partial charge in [0.05, 0.1) is 0 Å². The van der Waals surface area contributed by atoms with Crippen molar-refractivity contribution in [3.8, 4) is 55.6 Å². The van der Waals surface area contributed by atoms with Crippen LogP contribution in [0.5, 0.6) is 0 Å². The first-order chi connectivity index (χ1) is 34.7. The number of hydrogen-bond acceptors (Lipinski definition) is 1. The third-order valence-electron chi connectivity index (χ3n) is 16.3. The Morgan fingerprint density at radius 2 is 0.662 bits per heavy atom. The lowest BCUT2D eigenvalue weighted by molar-refractivity contribution is 0.660. The maximum Gasteiger partial charge on any atom is 0.0465 e. The van der Waals surface area contributed by atoms with Gasteiger partial charge in [-0.2, -0.15) is 0 Å². The maximum absolute atomic E-state index is 2.48. The molecule has 2 aliphatic carbocycles. The number of fused-ring (bicyclic) bond motifs is 13. The molecule has 336 valence electrons. The summed E-state index contributed by atoms with van der Waals surface area (Å²) in [7, 11) is 0. The van der Waals surface area contributed by atoms with E-state index in [1.807, 2.05) is 0 Å². The molecule has 0 saturated heterocycles. The van der Waals surface area contributed by atoms with Crippen molar-refractivity contribution in [3.63, 3.8) is 0 Å². The summed E-state index contributed by atoms with van der Waals surface area (Å²) in [4.78, 5) is 2.48. The molecule has 0 aromatic heterocycles. The van der Waals surface area contributed by atoms with Gasteiger partial charge in [0.2, 0.25) is 0 Å². The van der Waals surface area contributed by atoms with Crippen molar-refractivity contribution in [2.45, 2.75) is 38.5 Å². The van der Waals surface area contributed by atoms with Crippen LogP contribution in [0.15, 0.2) is 237 Å². The molecule has 0 saturated carbocycles. The fourth-order valence-corrected chi connectivity index (χ4v) is 12.7. The lowest BCUT2D eigenvalue weighted by atomic mass is 9.82. The molecule has 12 aromatic rings. The minimum absolute atomic E-state index is 0.131. The molecule has 0 unspecified atom stereocenters. The highest BCUT2D eigenvalue weighted by molar-refractivity contribution is 6.29. The number of rotatable bonds is 6. The highest BCUT2D eigenvalue weighted by Crippen LogP contribution is 2.54. The summed E-state index contributed by atoms with van der Waals surface area (Å²) in [5.74, 6) is 0. The van der Waals surface area contributed by atoms with E-state index in [2.05, 4.69) is 269 Å². The molecule has 0 amide bonds. The lowest BCUT2D eigenvalue weighted by Gasteiger charge is -2.30. The van der Waals surface area contributed by atoms with Gasteiger partial charge in [-0.25, -0.2) is 0 Å². The van der Waals surface area contributed by atoms with Gasteiger partial charge in [0.15, 0.2) is 0 Å². The average Bonchev–Trinajstić information content (AvgIpc) is 3.79. The van der Waals surface area contributed by atoms with E-state index in [-0.39, 0.29) is 10.8 Å². The predicted molar refractivity (Wildman–Crippen MR) is 303 cm³/mol. The zero-order valence-electron chi connectivity index (χ0n) is 40.5. The highest BCUT2D eigenvalue weighted by atomic mass is 15.1. The molecule has 1 nitrogen and oxygen atoms in total. The van der Waals surface area contributed by atoms with Crippen LogP contribution in [-0.2, 0) is 10.8 Å². The van der Waals surface area contributed by atoms with Crippen LogP contribution < -0.4 is 4.90 Å². The second kappa shape index (κ2) is 15.5. The monoisotopic (exact) mass is 905 g/mol. The Hall–Kier alpha value is -8.52. The zero-order valence-corrected chi connectivity index (χ0v) is 40.5. The molecule has 0 aliphatic heterocycles. The van der Waals surface area contributed by atoms with Crippen molar-refractivity contribution >= 4 is 60.2 Å². The third kappa shape index (κ3) is 6.19. The molecular weight excluding hydrogens is 855 g/mol. The number of nitrogens with zero attached hydrogens (tertiary/aromatic N) is 1. The number of hydrogen-bond donors (Lipinski definition) is 0. The Bertz CT molecular complexity index is 4000. The maximum atomic E-state index is 2.48. The van der Waals surface area contributed by atoms with E-state index in [0.29, 0.717) is 0 Å². The van der Waals surface area contributed by atoms with Crippen LogP contribution in [-0.4, -0.2) is 0 Å². The van der Waals surface area contributed by atoms with Crippen molar-refractivity contribution in [1.29, 1.82) is 0 Å². The number of benzene rings is 12. The topological polar surface area (TPSA) is 3.24 Å². The summed E-state index contributed by atoms with van der Waals surface area (Å²) in [6, 6.07) is 88.8. The Labute approximate surface area is 415 Å². The Morgan fingerprint density at radius 3 is 1.27 bits per heavy atom. The molecule has 0 fully saturated rings. The molecule has 0 N–H and O–H groups in total. The average molecular weight is 906 g/mol. The molecule has 0 atom stereocenters. The van der Waals surface area contributed by atoms with Gasteiger partial charge in [0, 0.05) is 27.9 Å². The summed E-state index contributed by atoms with van der Waals surface area (Å²) in [6.45, 7) is 9.50. The molecule has 12 aromatic carbocycles. The van der Waals surface area contributed by atoms with Crippen LogP contribution in [0.1, 0.15) is 49.9 Å². The fraction of sp³-hybridized carbons (Fsp3) is 0.0857. The van der Waals surface area contributed by atoms with Crippen LogP contribution in [0.3, 0.4) is 0 Å². The van der Waals surface area contributed by atoms with Gasteiger partial charge >= 0.3 is 0 Å². The van der Waals surface area contributed by atoms with Crippen molar-refractivity contribution in [2.24, 2.45) is 0 Å². The van der Waals surface area contributed by atoms with Gasteiger partial charge in [-0.1, -0.05) is 228 Å². The Morgan fingerprint density at radius 1 is 0.268 bits per heavy atom. The third-order valence-corrected chi connectivity index (χ3v) is 16.3. The van der Waals surface area contributed by atoms with Crippen LogP contribution in [0.25, 0.3) is 98.7 Å². The largest absolute Gasteiger partial charge is 0.310 e. The van der Waals surface area contributed by atoms with E-state index in [1.165, 1.54) is 121 Å². The normalized spacial score (nSPS) is 13.9. The van der Waals surface area contributed by atoms with Crippen LogP contribution in [0.2, 0.25) is 0 Å². The van der Waals surface area contributed by atoms with Crippen LogP contribution in [0, 0.1) is 0 Å². The van der Waals surface area contributed by atoms with Gasteiger partial charge in [-0.05, 0) is 157 Å². The van der Waals surface area contributed by atoms with Crippen LogP contribution >= 0.6 is 0 Å². The smallest absolute Gasteiger partial charge is 0.0465 e. The highest BCUT2D eigenvalue weighted by Gasteiger charge is 2.38. The molecule has 1 heteroatoms. The van der Waals surface area contributed by atoms with Gasteiger partial charge < -0.3 is 4.90 Å². The molecule has 0 spiro atoms. The van der Waals surface area contributed by atoms with Crippen LogP contribution in [0.4, 0.5) is 17.1 Å². The molecule has 71 heavy (non-hydrogen) atoms. The first-order valence-corrected chi connectivity index (χ1v) is 25.1. The van der Waals surface area contributed by atoms with Gasteiger partial charge in [0.1, 0.15) is 0 Å². The van der Waals surface area contributed by atoms with E-state index in [0.717, 1.165) is 17.1 Å². The molecule has 2 aliphatic rings. The minimum Gasteiger partial charge on any atom is -0.310 e. The minimum atomic E-state index is -0.131.